The predicted molar refractivity (Wildman–Crippen MR) is 58.9 cm³/mol. The van der Waals surface area contributed by atoms with Crippen LogP contribution in [-0.2, 0) is 4.74 Å². The van der Waals surface area contributed by atoms with Gasteiger partial charge < -0.3 is 10.5 Å². The second-order valence-corrected chi connectivity index (χ2v) is 3.04. The van der Waals surface area contributed by atoms with Crippen molar-refractivity contribution in [2.75, 3.05) is 13.2 Å². The monoisotopic (exact) mass is 212 g/mol. The lowest BCUT2D eigenvalue weighted by Crippen LogP contribution is -2.27. The Morgan fingerprint density at radius 3 is 2.57 bits per heavy atom. The standard InChI is InChI=1S/C10H12N2O.ClH/c11-10-7-13-9(6-12-10)8-4-2-1-3-5-8;/h1-5,9H,6-7H2,(H2,11,12);1H. The minimum Gasteiger partial charge on any atom is -0.386 e. The highest BCUT2D eigenvalue weighted by Crippen LogP contribution is 2.19. The van der Waals surface area contributed by atoms with Gasteiger partial charge in [-0.15, -0.1) is 12.4 Å². The van der Waals surface area contributed by atoms with Gasteiger partial charge in [-0.25, -0.2) is 0 Å². The molecule has 0 radical (unpaired) electrons. The molecule has 2 N–H and O–H groups in total. The number of ether oxygens (including phenoxy) is 1. The van der Waals surface area contributed by atoms with E-state index in [-0.39, 0.29) is 18.5 Å². The lowest BCUT2D eigenvalue weighted by atomic mass is 10.1. The summed E-state index contributed by atoms with van der Waals surface area (Å²) in [6, 6.07) is 10.1. The lowest BCUT2D eigenvalue weighted by molar-refractivity contribution is 0.0790. The predicted octanol–water partition coefficient (Wildman–Crippen LogP) is 1.54. The molecule has 0 amide bonds. The van der Waals surface area contributed by atoms with Gasteiger partial charge in [-0.2, -0.15) is 0 Å². The highest BCUT2D eigenvalue weighted by molar-refractivity contribution is 5.85. The molecule has 0 aromatic heterocycles. The third kappa shape index (κ3) is 2.47. The van der Waals surface area contributed by atoms with Crippen molar-refractivity contribution >= 4 is 18.2 Å². The Hall–Kier alpha value is -1.06. The summed E-state index contributed by atoms with van der Waals surface area (Å²) >= 11 is 0. The van der Waals surface area contributed by atoms with Crippen LogP contribution in [0, 0.1) is 0 Å². The number of nitrogens with zero attached hydrogens (tertiary/aromatic N) is 1. The molecule has 0 saturated carbocycles. The van der Waals surface area contributed by atoms with Crippen LogP contribution in [0.2, 0.25) is 0 Å². The smallest absolute Gasteiger partial charge is 0.120 e. The zero-order chi connectivity index (χ0) is 9.10. The zero-order valence-corrected chi connectivity index (χ0v) is 8.54. The number of rotatable bonds is 1. The molecule has 1 aromatic rings. The Labute approximate surface area is 89.4 Å². The molecule has 14 heavy (non-hydrogen) atoms. The van der Waals surface area contributed by atoms with Crippen molar-refractivity contribution in [3.63, 3.8) is 0 Å². The molecule has 0 aliphatic carbocycles. The fourth-order valence-corrected chi connectivity index (χ4v) is 1.35. The maximum Gasteiger partial charge on any atom is 0.120 e. The second-order valence-electron chi connectivity index (χ2n) is 3.04. The van der Waals surface area contributed by atoms with Crippen LogP contribution < -0.4 is 5.73 Å². The van der Waals surface area contributed by atoms with E-state index in [9.17, 15) is 0 Å². The molecule has 1 heterocycles. The fraction of sp³-hybridized carbons (Fsp3) is 0.300. The number of hydrogen-bond acceptors (Lipinski definition) is 3. The summed E-state index contributed by atoms with van der Waals surface area (Å²) < 4.78 is 5.52. The van der Waals surface area contributed by atoms with E-state index in [1.165, 1.54) is 5.56 Å². The van der Waals surface area contributed by atoms with Crippen LogP contribution in [0.1, 0.15) is 11.7 Å². The molecule has 76 valence electrons. The molecule has 0 fully saturated rings. The van der Waals surface area contributed by atoms with E-state index >= 15 is 0 Å². The van der Waals surface area contributed by atoms with Crippen LogP contribution in [0.25, 0.3) is 0 Å². The van der Waals surface area contributed by atoms with Gasteiger partial charge in [-0.1, -0.05) is 30.3 Å². The first-order valence-corrected chi connectivity index (χ1v) is 4.31. The largest absolute Gasteiger partial charge is 0.386 e. The molecular formula is C10H13ClN2O. The van der Waals surface area contributed by atoms with E-state index in [1.807, 2.05) is 30.3 Å². The minimum absolute atomic E-state index is 0. The van der Waals surface area contributed by atoms with Gasteiger partial charge in [-0.05, 0) is 5.56 Å². The van der Waals surface area contributed by atoms with Gasteiger partial charge in [0.05, 0.1) is 6.54 Å². The van der Waals surface area contributed by atoms with Gasteiger partial charge in [-0.3, -0.25) is 4.99 Å². The minimum atomic E-state index is 0. The van der Waals surface area contributed by atoms with E-state index in [2.05, 4.69) is 4.99 Å². The first-order valence-electron chi connectivity index (χ1n) is 4.31. The number of aliphatic imine (C=N–C) groups is 1. The van der Waals surface area contributed by atoms with Gasteiger partial charge >= 0.3 is 0 Å². The Balaban J connectivity index is 0.000000980. The number of hydrogen-bond donors (Lipinski definition) is 1. The number of nitrogens with two attached hydrogens (primary N) is 1. The normalized spacial score (nSPS) is 20.9. The summed E-state index contributed by atoms with van der Waals surface area (Å²) in [7, 11) is 0. The molecule has 2 rings (SSSR count). The summed E-state index contributed by atoms with van der Waals surface area (Å²) in [5.41, 5.74) is 6.67. The summed E-state index contributed by atoms with van der Waals surface area (Å²) in [5, 5.41) is 0. The van der Waals surface area contributed by atoms with Crippen LogP contribution >= 0.6 is 12.4 Å². The van der Waals surface area contributed by atoms with Gasteiger partial charge in [0, 0.05) is 0 Å². The maximum atomic E-state index is 5.52. The summed E-state index contributed by atoms with van der Waals surface area (Å²) in [6.07, 6.45) is 0.0773. The summed E-state index contributed by atoms with van der Waals surface area (Å²) in [6.45, 7) is 1.08. The molecule has 0 saturated heterocycles. The van der Waals surface area contributed by atoms with E-state index in [0.29, 0.717) is 19.0 Å². The molecule has 1 unspecified atom stereocenters. The Bertz CT molecular complexity index is 313. The van der Waals surface area contributed by atoms with Crippen molar-refractivity contribution in [2.45, 2.75) is 6.10 Å². The van der Waals surface area contributed by atoms with Gasteiger partial charge in [0.15, 0.2) is 0 Å². The number of halogens is 1. The van der Waals surface area contributed by atoms with E-state index in [4.69, 9.17) is 10.5 Å². The highest BCUT2D eigenvalue weighted by Gasteiger charge is 2.15. The van der Waals surface area contributed by atoms with Crippen molar-refractivity contribution < 1.29 is 4.74 Å². The molecule has 0 spiro atoms. The average molecular weight is 213 g/mol. The van der Waals surface area contributed by atoms with Gasteiger partial charge in [0.2, 0.25) is 0 Å². The van der Waals surface area contributed by atoms with Gasteiger partial charge in [0.25, 0.3) is 0 Å². The fourth-order valence-electron chi connectivity index (χ4n) is 1.35. The van der Waals surface area contributed by atoms with Crippen molar-refractivity contribution in [2.24, 2.45) is 10.7 Å². The molecule has 1 aliphatic heterocycles. The molecule has 1 atom stereocenters. The quantitative estimate of drug-likeness (QED) is 0.768. The maximum absolute atomic E-state index is 5.52. The number of amidine groups is 1. The van der Waals surface area contributed by atoms with Gasteiger partial charge in [0.1, 0.15) is 18.5 Å². The SMILES string of the molecule is Cl.NC1=NCC(c2ccccc2)OC1. The van der Waals surface area contributed by atoms with Crippen molar-refractivity contribution in [3.05, 3.63) is 35.9 Å². The Morgan fingerprint density at radius 2 is 2.00 bits per heavy atom. The third-order valence-corrected chi connectivity index (χ3v) is 2.06. The molecule has 4 heteroatoms. The van der Waals surface area contributed by atoms with Crippen LogP contribution in [0.3, 0.4) is 0 Å². The van der Waals surface area contributed by atoms with Crippen LogP contribution in [0.5, 0.6) is 0 Å². The van der Waals surface area contributed by atoms with Crippen molar-refractivity contribution in [1.29, 1.82) is 0 Å². The number of benzene rings is 1. The average Bonchev–Trinajstić information content (AvgIpc) is 2.20. The molecule has 1 aliphatic rings. The van der Waals surface area contributed by atoms with E-state index in [1.54, 1.807) is 0 Å². The first-order chi connectivity index (χ1) is 6.36. The zero-order valence-electron chi connectivity index (χ0n) is 7.72. The topological polar surface area (TPSA) is 47.6 Å². The van der Waals surface area contributed by atoms with Crippen LogP contribution in [0.4, 0.5) is 0 Å². The highest BCUT2D eigenvalue weighted by atomic mass is 35.5. The molecule has 3 nitrogen and oxygen atoms in total. The molecular weight excluding hydrogens is 200 g/mol. The van der Waals surface area contributed by atoms with Crippen LogP contribution in [-0.4, -0.2) is 19.0 Å². The lowest BCUT2D eigenvalue weighted by Gasteiger charge is -2.20. The van der Waals surface area contributed by atoms with Crippen molar-refractivity contribution in [1.82, 2.24) is 0 Å². The Morgan fingerprint density at radius 1 is 1.29 bits per heavy atom. The summed E-state index contributed by atoms with van der Waals surface area (Å²) in [5.74, 6) is 0.590. The van der Waals surface area contributed by atoms with E-state index in [0.717, 1.165) is 0 Å². The van der Waals surface area contributed by atoms with E-state index < -0.39 is 0 Å². The molecule has 1 aromatic carbocycles. The third-order valence-electron chi connectivity index (χ3n) is 2.06. The van der Waals surface area contributed by atoms with Crippen molar-refractivity contribution in [3.8, 4) is 0 Å². The summed E-state index contributed by atoms with van der Waals surface area (Å²) in [4.78, 5) is 4.16. The Kier molecular flexibility index (Phi) is 3.92. The first kappa shape index (κ1) is 11.0. The molecule has 0 bridgehead atoms. The second kappa shape index (κ2) is 4.98. The van der Waals surface area contributed by atoms with Crippen LogP contribution in [0.15, 0.2) is 35.3 Å².